The zero-order valence-electron chi connectivity index (χ0n) is 14.6. The van der Waals surface area contributed by atoms with Gasteiger partial charge in [0.25, 0.3) is 0 Å². The average Bonchev–Trinajstić information content (AvgIpc) is 2.69. The zero-order valence-corrected chi connectivity index (χ0v) is 14.6. The number of benzene rings is 1. The van der Waals surface area contributed by atoms with Crippen molar-refractivity contribution in [2.24, 2.45) is 11.1 Å². The summed E-state index contributed by atoms with van der Waals surface area (Å²) in [6, 6.07) is 13.8. The van der Waals surface area contributed by atoms with E-state index < -0.39 is 5.78 Å². The van der Waals surface area contributed by atoms with Crippen molar-refractivity contribution in [2.45, 2.75) is 19.4 Å². The highest BCUT2D eigenvalue weighted by Crippen LogP contribution is 2.21. The Morgan fingerprint density at radius 2 is 2.00 bits per heavy atom. The number of Topliss-reactive ketones (excluding diaryl/α,β-unsaturated/α-hetero) is 1. The van der Waals surface area contributed by atoms with Gasteiger partial charge in [-0.2, -0.15) is 0 Å². The molecular formula is C20H23N3O3. The fourth-order valence-corrected chi connectivity index (χ4v) is 3.16. The number of hydrogen-bond donors (Lipinski definition) is 1. The molecule has 0 spiro atoms. The first-order chi connectivity index (χ1) is 12.8. The van der Waals surface area contributed by atoms with Gasteiger partial charge in [-0.15, -0.1) is 0 Å². The number of carbonyl (C=O) groups excluding carboxylic acids is 1. The van der Waals surface area contributed by atoms with Crippen molar-refractivity contribution < 1.29 is 14.7 Å². The topological polar surface area (TPSA) is 75.0 Å². The molecule has 1 saturated heterocycles. The summed E-state index contributed by atoms with van der Waals surface area (Å²) in [5.74, 6) is 0.316. The molecule has 1 aliphatic heterocycles. The van der Waals surface area contributed by atoms with Crippen molar-refractivity contribution in [2.75, 3.05) is 19.7 Å². The first kappa shape index (κ1) is 18.1. The Bertz CT molecular complexity index is 741. The van der Waals surface area contributed by atoms with Gasteiger partial charge in [0.15, 0.2) is 0 Å². The first-order valence-electron chi connectivity index (χ1n) is 8.82. The number of ether oxygens (including phenoxy) is 1. The summed E-state index contributed by atoms with van der Waals surface area (Å²) >= 11 is 0. The number of likely N-dealkylation sites (tertiary alicyclic amines) is 1. The predicted molar refractivity (Wildman–Crippen MR) is 98.8 cm³/mol. The molecule has 6 heteroatoms. The van der Waals surface area contributed by atoms with Gasteiger partial charge >= 0.3 is 0 Å². The number of oxime groups is 1. The maximum Gasteiger partial charge on any atom is 0.224 e. The van der Waals surface area contributed by atoms with Gasteiger partial charge in [0.05, 0.1) is 12.2 Å². The fraction of sp³-hybridized carbons (Fsp3) is 0.350. The van der Waals surface area contributed by atoms with Crippen molar-refractivity contribution in [1.82, 2.24) is 9.88 Å². The Hall–Kier alpha value is -2.73. The van der Waals surface area contributed by atoms with Crippen molar-refractivity contribution >= 4 is 12.0 Å². The second-order valence-electron chi connectivity index (χ2n) is 6.48. The average molecular weight is 353 g/mol. The maximum absolute atomic E-state index is 11.9. The van der Waals surface area contributed by atoms with Gasteiger partial charge in [0, 0.05) is 12.7 Å². The summed E-state index contributed by atoms with van der Waals surface area (Å²) in [7, 11) is 0. The van der Waals surface area contributed by atoms with Crippen LogP contribution in [0.4, 0.5) is 0 Å². The SMILES string of the molecule is O=C(C=NO)c1cccnc1OCC1CCN(Cc2ccccc2)CC1. The summed E-state index contributed by atoms with van der Waals surface area (Å²) in [6.07, 6.45) is 4.55. The minimum atomic E-state index is -0.423. The molecule has 6 nitrogen and oxygen atoms in total. The van der Waals surface area contributed by atoms with E-state index in [0.717, 1.165) is 38.7 Å². The Kier molecular flexibility index (Phi) is 6.33. The molecule has 0 atom stereocenters. The lowest BCUT2D eigenvalue weighted by atomic mass is 9.97. The number of pyridine rings is 1. The molecule has 1 aliphatic rings. The molecule has 1 aromatic carbocycles. The van der Waals surface area contributed by atoms with Crippen LogP contribution >= 0.6 is 0 Å². The highest BCUT2D eigenvalue weighted by Gasteiger charge is 2.21. The molecular weight excluding hydrogens is 330 g/mol. The van der Waals surface area contributed by atoms with E-state index in [9.17, 15) is 4.79 Å². The Morgan fingerprint density at radius 1 is 1.23 bits per heavy atom. The molecule has 2 heterocycles. The van der Waals surface area contributed by atoms with Gasteiger partial charge in [-0.05, 0) is 49.5 Å². The molecule has 3 rings (SSSR count). The lowest BCUT2D eigenvalue weighted by Gasteiger charge is -2.31. The molecule has 0 amide bonds. The molecule has 0 radical (unpaired) electrons. The number of aromatic nitrogens is 1. The van der Waals surface area contributed by atoms with Crippen molar-refractivity contribution in [1.29, 1.82) is 0 Å². The molecule has 0 unspecified atom stereocenters. The molecule has 26 heavy (non-hydrogen) atoms. The summed E-state index contributed by atoms with van der Waals surface area (Å²) in [4.78, 5) is 18.5. The molecule has 0 aliphatic carbocycles. The number of nitrogens with zero attached hydrogens (tertiary/aromatic N) is 3. The summed E-state index contributed by atoms with van der Waals surface area (Å²) in [5, 5.41) is 11.3. The lowest BCUT2D eigenvalue weighted by Crippen LogP contribution is -2.35. The van der Waals surface area contributed by atoms with Crippen LogP contribution in [-0.4, -0.2) is 46.8 Å². The summed E-state index contributed by atoms with van der Waals surface area (Å²) in [5.41, 5.74) is 1.65. The Morgan fingerprint density at radius 3 is 2.73 bits per heavy atom. The first-order valence-corrected chi connectivity index (χ1v) is 8.82. The Balaban J connectivity index is 1.49. The highest BCUT2D eigenvalue weighted by molar-refractivity contribution is 6.35. The quantitative estimate of drug-likeness (QED) is 0.358. The van der Waals surface area contributed by atoms with Crippen LogP contribution in [0.15, 0.2) is 53.8 Å². The molecule has 1 N–H and O–H groups in total. The van der Waals surface area contributed by atoms with Gasteiger partial charge in [-0.3, -0.25) is 9.69 Å². The number of rotatable bonds is 7. The van der Waals surface area contributed by atoms with E-state index >= 15 is 0 Å². The minimum absolute atomic E-state index is 0.295. The largest absolute Gasteiger partial charge is 0.477 e. The molecule has 1 aromatic heterocycles. The Labute approximate surface area is 153 Å². The third-order valence-corrected chi connectivity index (χ3v) is 4.62. The summed E-state index contributed by atoms with van der Waals surface area (Å²) in [6.45, 7) is 3.59. The minimum Gasteiger partial charge on any atom is -0.477 e. The zero-order chi connectivity index (χ0) is 18.2. The second kappa shape index (κ2) is 9.10. The van der Waals surface area contributed by atoms with Crippen LogP contribution in [-0.2, 0) is 6.54 Å². The van der Waals surface area contributed by atoms with Gasteiger partial charge in [-0.1, -0.05) is 35.5 Å². The fourth-order valence-electron chi connectivity index (χ4n) is 3.16. The van der Waals surface area contributed by atoms with Crippen molar-refractivity contribution in [3.63, 3.8) is 0 Å². The van der Waals surface area contributed by atoms with E-state index in [1.165, 1.54) is 5.56 Å². The standard InChI is InChI=1S/C20H23N3O3/c24-19(13-22-25)18-7-4-10-21-20(18)26-15-17-8-11-23(12-9-17)14-16-5-2-1-3-6-16/h1-7,10,13,17,25H,8-9,11-12,14-15H2. The van der Waals surface area contributed by atoms with E-state index in [1.807, 2.05) is 6.07 Å². The number of ketones is 1. The van der Waals surface area contributed by atoms with Crippen LogP contribution in [0.2, 0.25) is 0 Å². The number of carbonyl (C=O) groups is 1. The smallest absolute Gasteiger partial charge is 0.224 e. The number of hydrogen-bond acceptors (Lipinski definition) is 6. The van der Waals surface area contributed by atoms with Crippen LogP contribution in [0.5, 0.6) is 5.88 Å². The molecule has 136 valence electrons. The summed E-state index contributed by atoms with van der Waals surface area (Å²) < 4.78 is 5.80. The van der Waals surface area contributed by atoms with Gasteiger partial charge in [-0.25, -0.2) is 4.98 Å². The molecule has 0 saturated carbocycles. The van der Waals surface area contributed by atoms with Crippen molar-refractivity contribution in [3.8, 4) is 5.88 Å². The van der Waals surface area contributed by atoms with Crippen LogP contribution in [0.1, 0.15) is 28.8 Å². The van der Waals surface area contributed by atoms with Crippen LogP contribution in [0.3, 0.4) is 0 Å². The highest BCUT2D eigenvalue weighted by atomic mass is 16.5. The second-order valence-corrected chi connectivity index (χ2v) is 6.48. The van der Waals surface area contributed by atoms with Gasteiger partial charge in [0.1, 0.15) is 6.21 Å². The van der Waals surface area contributed by atoms with Gasteiger partial charge < -0.3 is 9.94 Å². The van der Waals surface area contributed by atoms with E-state index in [4.69, 9.17) is 9.94 Å². The molecule has 1 fully saturated rings. The monoisotopic (exact) mass is 353 g/mol. The third-order valence-electron chi connectivity index (χ3n) is 4.62. The normalized spacial score (nSPS) is 16.0. The predicted octanol–water partition coefficient (Wildman–Crippen LogP) is 3.02. The van der Waals surface area contributed by atoms with Crippen molar-refractivity contribution in [3.05, 3.63) is 59.8 Å². The van der Waals surface area contributed by atoms with Crippen LogP contribution < -0.4 is 4.74 Å². The van der Waals surface area contributed by atoms with E-state index in [1.54, 1.807) is 18.3 Å². The van der Waals surface area contributed by atoms with Gasteiger partial charge in [0.2, 0.25) is 11.7 Å². The number of piperidine rings is 1. The molecule has 2 aromatic rings. The van der Waals surface area contributed by atoms with Crippen LogP contribution in [0.25, 0.3) is 0 Å². The molecule has 0 bridgehead atoms. The van der Waals surface area contributed by atoms with E-state index in [0.29, 0.717) is 24.0 Å². The van der Waals surface area contributed by atoms with E-state index in [2.05, 4.69) is 39.3 Å². The maximum atomic E-state index is 11.9. The van der Waals surface area contributed by atoms with Crippen LogP contribution in [0, 0.1) is 5.92 Å². The van der Waals surface area contributed by atoms with E-state index in [-0.39, 0.29) is 0 Å². The third kappa shape index (κ3) is 4.89. The lowest BCUT2D eigenvalue weighted by molar-refractivity contribution is 0.105.